The fourth-order valence-corrected chi connectivity index (χ4v) is 2.06. The smallest absolute Gasteiger partial charge is 0.410 e. The Labute approximate surface area is 115 Å². The number of rotatable bonds is 1. The number of fused-ring (bicyclic) bond motifs is 1. The Bertz CT molecular complexity index is 538. The number of carbonyl (C=O) groups excluding carboxylic acids is 1. The second-order valence-electron chi connectivity index (χ2n) is 5.78. The number of carbonyl (C=O) groups is 1. The van der Waals surface area contributed by atoms with Gasteiger partial charge < -0.3 is 4.74 Å². The molecule has 1 aliphatic heterocycles. The van der Waals surface area contributed by atoms with E-state index in [0.717, 1.165) is 12.1 Å². The van der Waals surface area contributed by atoms with Crippen LogP contribution in [0, 0.1) is 5.82 Å². The highest BCUT2D eigenvalue weighted by atomic mass is 19.3. The quantitative estimate of drug-likeness (QED) is 0.781. The van der Waals surface area contributed by atoms with Crippen molar-refractivity contribution in [1.29, 1.82) is 0 Å². The lowest BCUT2D eigenvalue weighted by Gasteiger charge is -2.24. The number of alkyl halides is 2. The summed E-state index contributed by atoms with van der Waals surface area (Å²) >= 11 is 0. The van der Waals surface area contributed by atoms with E-state index in [1.165, 1.54) is 4.90 Å². The molecule has 0 unspecified atom stereocenters. The molecule has 6 heteroatoms. The van der Waals surface area contributed by atoms with Crippen LogP contribution in [0.1, 0.15) is 43.9 Å². The third-order valence-electron chi connectivity index (χ3n) is 2.93. The molecule has 0 spiro atoms. The molecule has 1 amide bonds. The number of hydrogen-bond acceptors (Lipinski definition) is 2. The van der Waals surface area contributed by atoms with E-state index in [1.54, 1.807) is 20.8 Å². The highest BCUT2D eigenvalue weighted by Crippen LogP contribution is 2.31. The van der Waals surface area contributed by atoms with E-state index in [4.69, 9.17) is 4.74 Å². The summed E-state index contributed by atoms with van der Waals surface area (Å²) in [6, 6.07) is 2.20. The minimum Gasteiger partial charge on any atom is -0.444 e. The van der Waals surface area contributed by atoms with Crippen molar-refractivity contribution in [1.82, 2.24) is 4.90 Å². The van der Waals surface area contributed by atoms with Gasteiger partial charge in [0.15, 0.2) is 0 Å². The van der Waals surface area contributed by atoms with Crippen molar-refractivity contribution < 1.29 is 22.7 Å². The molecule has 2 rings (SSSR count). The molecule has 0 bridgehead atoms. The zero-order valence-electron chi connectivity index (χ0n) is 11.5. The monoisotopic (exact) mass is 287 g/mol. The first-order valence-corrected chi connectivity index (χ1v) is 6.24. The van der Waals surface area contributed by atoms with Crippen LogP contribution in [-0.4, -0.2) is 16.6 Å². The Balaban J connectivity index is 2.17. The second-order valence-corrected chi connectivity index (χ2v) is 5.78. The topological polar surface area (TPSA) is 29.5 Å². The third kappa shape index (κ3) is 3.05. The fourth-order valence-electron chi connectivity index (χ4n) is 2.06. The van der Waals surface area contributed by atoms with Crippen LogP contribution in [0.2, 0.25) is 0 Å². The summed E-state index contributed by atoms with van der Waals surface area (Å²) in [4.78, 5) is 13.3. The fraction of sp³-hybridized carbons (Fsp3) is 0.500. The van der Waals surface area contributed by atoms with Gasteiger partial charge in [0.05, 0.1) is 5.56 Å². The van der Waals surface area contributed by atoms with Crippen molar-refractivity contribution in [3.8, 4) is 0 Å². The number of nitrogens with zero attached hydrogens (tertiary/aromatic N) is 1. The predicted octanol–water partition coefficient (Wildman–Crippen LogP) is 4.01. The number of amides is 1. The molecule has 1 aliphatic rings. The van der Waals surface area contributed by atoms with E-state index in [2.05, 4.69) is 0 Å². The lowest BCUT2D eigenvalue weighted by molar-refractivity contribution is 0.0242. The first kappa shape index (κ1) is 14.7. The van der Waals surface area contributed by atoms with E-state index in [0.29, 0.717) is 11.1 Å². The Kier molecular flexibility index (Phi) is 3.67. The SMILES string of the molecule is CC(C)(C)OC(=O)N1Cc2cc(F)c(C(F)F)cc2C1. The van der Waals surface area contributed by atoms with E-state index in [9.17, 15) is 18.0 Å². The molecule has 0 atom stereocenters. The molecule has 0 saturated carbocycles. The molecular weight excluding hydrogens is 271 g/mol. The van der Waals surface area contributed by atoms with E-state index < -0.39 is 29.5 Å². The first-order chi connectivity index (χ1) is 9.17. The van der Waals surface area contributed by atoms with E-state index >= 15 is 0 Å². The molecule has 1 aromatic rings. The molecule has 0 aromatic heterocycles. The van der Waals surface area contributed by atoms with Crippen molar-refractivity contribution in [2.24, 2.45) is 0 Å². The van der Waals surface area contributed by atoms with Crippen LogP contribution < -0.4 is 0 Å². The van der Waals surface area contributed by atoms with Gasteiger partial charge in [-0.15, -0.1) is 0 Å². The Morgan fingerprint density at radius 2 is 1.80 bits per heavy atom. The van der Waals surface area contributed by atoms with Crippen molar-refractivity contribution in [3.63, 3.8) is 0 Å². The average molecular weight is 287 g/mol. The van der Waals surface area contributed by atoms with Crippen LogP contribution in [0.15, 0.2) is 12.1 Å². The summed E-state index contributed by atoms with van der Waals surface area (Å²) in [5.74, 6) is -0.940. The van der Waals surface area contributed by atoms with Gasteiger partial charge in [0.25, 0.3) is 6.43 Å². The molecule has 0 N–H and O–H groups in total. The molecule has 20 heavy (non-hydrogen) atoms. The normalized spacial score (nSPS) is 14.7. The molecule has 1 heterocycles. The van der Waals surface area contributed by atoms with Crippen molar-refractivity contribution in [2.75, 3.05) is 0 Å². The van der Waals surface area contributed by atoms with Crippen LogP contribution in [0.4, 0.5) is 18.0 Å². The standard InChI is InChI=1S/C14H16F3NO2/c1-14(2,3)20-13(19)18-6-8-4-10(12(16)17)11(15)5-9(8)7-18/h4-5,12H,6-7H2,1-3H3. The maximum atomic E-state index is 13.5. The maximum Gasteiger partial charge on any atom is 0.410 e. The van der Waals surface area contributed by atoms with E-state index in [-0.39, 0.29) is 13.1 Å². The second kappa shape index (κ2) is 5.00. The Hall–Kier alpha value is -1.72. The molecule has 0 radical (unpaired) electrons. The minimum absolute atomic E-state index is 0.157. The van der Waals surface area contributed by atoms with Gasteiger partial charge in [0.2, 0.25) is 0 Å². The summed E-state index contributed by atoms with van der Waals surface area (Å²) in [7, 11) is 0. The van der Waals surface area contributed by atoms with Crippen LogP contribution >= 0.6 is 0 Å². The summed E-state index contributed by atoms with van der Waals surface area (Å²) in [5, 5.41) is 0. The van der Waals surface area contributed by atoms with E-state index in [1.807, 2.05) is 0 Å². The highest BCUT2D eigenvalue weighted by molar-refractivity contribution is 5.69. The Morgan fingerprint density at radius 3 is 2.30 bits per heavy atom. The molecular formula is C14H16F3NO2. The van der Waals surface area contributed by atoms with Gasteiger partial charge in [-0.25, -0.2) is 18.0 Å². The van der Waals surface area contributed by atoms with Crippen LogP contribution in [0.5, 0.6) is 0 Å². The summed E-state index contributed by atoms with van der Waals surface area (Å²) in [6.45, 7) is 5.54. The third-order valence-corrected chi connectivity index (χ3v) is 2.93. The minimum atomic E-state index is -2.86. The van der Waals surface area contributed by atoms with Crippen molar-refractivity contribution in [2.45, 2.75) is 45.9 Å². The lowest BCUT2D eigenvalue weighted by atomic mass is 10.1. The van der Waals surface area contributed by atoms with Gasteiger partial charge in [0.1, 0.15) is 11.4 Å². The average Bonchev–Trinajstić information content (AvgIpc) is 2.68. The number of halogens is 3. The molecule has 0 saturated heterocycles. The molecule has 0 fully saturated rings. The molecule has 3 nitrogen and oxygen atoms in total. The lowest BCUT2D eigenvalue weighted by Crippen LogP contribution is -2.33. The predicted molar refractivity (Wildman–Crippen MR) is 66.8 cm³/mol. The van der Waals surface area contributed by atoms with Crippen LogP contribution in [-0.2, 0) is 17.8 Å². The molecule has 1 aromatic carbocycles. The summed E-state index contributed by atoms with van der Waals surface area (Å²) in [6.07, 6.45) is -3.40. The van der Waals surface area contributed by atoms with Gasteiger partial charge in [-0.3, -0.25) is 4.90 Å². The molecule has 110 valence electrons. The van der Waals surface area contributed by atoms with Gasteiger partial charge in [-0.05, 0) is 44.0 Å². The maximum absolute atomic E-state index is 13.5. The summed E-state index contributed by atoms with van der Waals surface area (Å²) in [5.41, 5.74) is -0.189. The van der Waals surface area contributed by atoms with Gasteiger partial charge >= 0.3 is 6.09 Å². The Morgan fingerprint density at radius 1 is 1.25 bits per heavy atom. The van der Waals surface area contributed by atoms with Gasteiger partial charge in [0, 0.05) is 13.1 Å². The van der Waals surface area contributed by atoms with Gasteiger partial charge in [-0.1, -0.05) is 0 Å². The van der Waals surface area contributed by atoms with Crippen molar-refractivity contribution >= 4 is 6.09 Å². The number of ether oxygens (including phenoxy) is 1. The zero-order valence-corrected chi connectivity index (χ0v) is 11.5. The highest BCUT2D eigenvalue weighted by Gasteiger charge is 2.29. The first-order valence-electron chi connectivity index (χ1n) is 6.24. The van der Waals surface area contributed by atoms with Crippen molar-refractivity contribution in [3.05, 3.63) is 34.6 Å². The van der Waals surface area contributed by atoms with Crippen LogP contribution in [0.3, 0.4) is 0 Å². The number of hydrogen-bond donors (Lipinski definition) is 0. The summed E-state index contributed by atoms with van der Waals surface area (Å²) < 4.78 is 43.9. The van der Waals surface area contributed by atoms with Crippen LogP contribution in [0.25, 0.3) is 0 Å². The largest absolute Gasteiger partial charge is 0.444 e. The molecule has 0 aliphatic carbocycles. The van der Waals surface area contributed by atoms with Gasteiger partial charge in [-0.2, -0.15) is 0 Å². The number of benzene rings is 1. The zero-order chi connectivity index (χ0) is 15.1.